The largest absolute Gasteiger partial charge is 0.352 e. The Balaban J connectivity index is 2.93. The monoisotopic (exact) mass is 302 g/mol. The fourth-order valence-electron chi connectivity index (χ4n) is 1.44. The first-order valence-corrected chi connectivity index (χ1v) is 7.78. The fraction of sp³-hybridized carbons (Fsp3) is 0.462. The lowest BCUT2D eigenvalue weighted by Gasteiger charge is -2.16. The van der Waals surface area contributed by atoms with Crippen LogP contribution < -0.4 is 10.5 Å². The number of carbonyl (C=O) groups is 1. The number of nitrogens with one attached hydrogen (secondary N) is 1. The number of rotatable bonds is 5. The number of amides is 1. The van der Waals surface area contributed by atoms with Crippen LogP contribution in [0.1, 0.15) is 31.1 Å². The second-order valence-electron chi connectivity index (χ2n) is 5.12. The average Bonchev–Trinajstić information content (AvgIpc) is 2.34. The van der Waals surface area contributed by atoms with Crippen molar-refractivity contribution >= 4 is 15.9 Å². The van der Waals surface area contributed by atoms with Crippen molar-refractivity contribution in [2.75, 3.05) is 6.54 Å². The summed E-state index contributed by atoms with van der Waals surface area (Å²) in [6.07, 6.45) is 0. The summed E-state index contributed by atoms with van der Waals surface area (Å²) >= 11 is 0. The summed E-state index contributed by atoms with van der Waals surface area (Å²) in [5.41, 5.74) is -0.326. The van der Waals surface area contributed by atoms with Crippen molar-refractivity contribution in [3.63, 3.8) is 0 Å². The highest BCUT2D eigenvalue weighted by Gasteiger charge is 2.17. The number of sulfonamides is 1. The molecule has 0 aliphatic heterocycles. The van der Waals surface area contributed by atoms with Crippen LogP contribution in [0.4, 0.5) is 4.39 Å². The van der Waals surface area contributed by atoms with Crippen LogP contribution in [-0.4, -0.2) is 20.9 Å². The molecule has 0 aliphatic carbocycles. The van der Waals surface area contributed by atoms with E-state index in [1.807, 2.05) is 20.8 Å². The van der Waals surface area contributed by atoms with E-state index in [9.17, 15) is 17.6 Å². The van der Waals surface area contributed by atoms with E-state index < -0.39 is 21.7 Å². The molecule has 0 radical (unpaired) electrons. The van der Waals surface area contributed by atoms with Gasteiger partial charge in [0.25, 0.3) is 5.91 Å². The summed E-state index contributed by atoms with van der Waals surface area (Å²) in [5.74, 6) is -0.841. The van der Waals surface area contributed by atoms with Crippen molar-refractivity contribution in [2.24, 2.45) is 17.0 Å². The maximum atomic E-state index is 13.6. The van der Waals surface area contributed by atoms with Gasteiger partial charge in [0.1, 0.15) is 5.82 Å². The molecule has 0 spiro atoms. The molecule has 1 aromatic carbocycles. The van der Waals surface area contributed by atoms with E-state index >= 15 is 0 Å². The van der Waals surface area contributed by atoms with Gasteiger partial charge in [0.05, 0.1) is 10.5 Å². The highest BCUT2D eigenvalue weighted by Crippen LogP contribution is 2.14. The van der Waals surface area contributed by atoms with E-state index in [-0.39, 0.29) is 16.4 Å². The first-order valence-electron chi connectivity index (χ1n) is 6.23. The van der Waals surface area contributed by atoms with Gasteiger partial charge in [-0.3, -0.25) is 4.79 Å². The quantitative estimate of drug-likeness (QED) is 0.863. The van der Waals surface area contributed by atoms with E-state index in [1.54, 1.807) is 0 Å². The summed E-state index contributed by atoms with van der Waals surface area (Å²) in [6.45, 7) is 6.37. The molecule has 0 aliphatic rings. The number of nitrogens with two attached hydrogens (primary N) is 1. The van der Waals surface area contributed by atoms with Crippen LogP contribution in [0.25, 0.3) is 0 Å². The lowest BCUT2D eigenvalue weighted by atomic mass is 9.98. The molecule has 0 heterocycles. The van der Waals surface area contributed by atoms with Crippen LogP contribution in [0.3, 0.4) is 0 Å². The molecule has 0 saturated heterocycles. The van der Waals surface area contributed by atoms with Crippen LogP contribution in [0, 0.1) is 17.7 Å². The van der Waals surface area contributed by atoms with Gasteiger partial charge in [0, 0.05) is 6.54 Å². The zero-order valence-electron chi connectivity index (χ0n) is 11.7. The molecular formula is C13H19FN2O3S. The molecule has 1 aromatic rings. The van der Waals surface area contributed by atoms with Gasteiger partial charge in [-0.1, -0.05) is 20.8 Å². The van der Waals surface area contributed by atoms with E-state index in [0.29, 0.717) is 12.5 Å². The van der Waals surface area contributed by atoms with E-state index in [1.165, 1.54) is 0 Å². The molecule has 1 rings (SSSR count). The number of primary sulfonamides is 1. The van der Waals surface area contributed by atoms with Gasteiger partial charge in [0.2, 0.25) is 10.0 Å². The maximum Gasteiger partial charge on any atom is 0.254 e. The molecule has 0 aromatic heterocycles. The fourth-order valence-corrected chi connectivity index (χ4v) is 1.98. The third kappa shape index (κ3) is 4.28. The van der Waals surface area contributed by atoms with Crippen LogP contribution in [0.2, 0.25) is 0 Å². The summed E-state index contributed by atoms with van der Waals surface area (Å²) < 4.78 is 36.0. The lowest BCUT2D eigenvalue weighted by molar-refractivity contribution is 0.0940. The molecule has 1 amide bonds. The molecule has 0 fully saturated rings. The summed E-state index contributed by atoms with van der Waals surface area (Å²) in [5, 5.41) is 7.54. The number of halogens is 1. The molecule has 3 N–H and O–H groups in total. The highest BCUT2D eigenvalue weighted by atomic mass is 32.2. The van der Waals surface area contributed by atoms with Gasteiger partial charge in [-0.2, -0.15) is 0 Å². The molecule has 1 unspecified atom stereocenters. The molecule has 1 atom stereocenters. The van der Waals surface area contributed by atoms with Gasteiger partial charge < -0.3 is 5.32 Å². The first-order chi connectivity index (χ1) is 9.12. The summed E-state index contributed by atoms with van der Waals surface area (Å²) in [4.78, 5) is 11.6. The molecule has 7 heteroatoms. The smallest absolute Gasteiger partial charge is 0.254 e. The minimum absolute atomic E-state index is 0.225. The SMILES string of the molecule is CC(C)C(C)CNC(=O)c1cc(S(N)(=O)=O)ccc1F. The highest BCUT2D eigenvalue weighted by molar-refractivity contribution is 7.89. The first kappa shape index (κ1) is 16.6. The summed E-state index contributed by atoms with van der Waals surface area (Å²) in [6, 6.07) is 2.89. The van der Waals surface area contributed by atoms with Gasteiger partial charge >= 0.3 is 0 Å². The second-order valence-corrected chi connectivity index (χ2v) is 6.68. The number of hydrogen-bond donors (Lipinski definition) is 2. The molecule has 0 bridgehead atoms. The topological polar surface area (TPSA) is 89.3 Å². The minimum atomic E-state index is -3.97. The Kier molecular flexibility index (Phi) is 5.24. The maximum absolute atomic E-state index is 13.6. The average molecular weight is 302 g/mol. The van der Waals surface area contributed by atoms with Crippen molar-refractivity contribution in [2.45, 2.75) is 25.7 Å². The Hall–Kier alpha value is -1.47. The number of benzene rings is 1. The second kappa shape index (κ2) is 6.32. The van der Waals surface area contributed by atoms with Gasteiger partial charge in [-0.05, 0) is 30.0 Å². The third-order valence-corrected chi connectivity index (χ3v) is 4.14. The van der Waals surface area contributed by atoms with Gasteiger partial charge in [0.15, 0.2) is 0 Å². The molecule has 20 heavy (non-hydrogen) atoms. The Morgan fingerprint density at radius 2 is 1.95 bits per heavy atom. The Labute approximate surface area is 118 Å². The van der Waals surface area contributed by atoms with E-state index in [4.69, 9.17) is 5.14 Å². The number of carbonyl (C=O) groups excluding carboxylic acids is 1. The van der Waals surface area contributed by atoms with E-state index in [0.717, 1.165) is 18.2 Å². The van der Waals surface area contributed by atoms with Crippen molar-refractivity contribution in [1.29, 1.82) is 0 Å². The molecular weight excluding hydrogens is 283 g/mol. The van der Waals surface area contributed by atoms with Crippen molar-refractivity contribution in [1.82, 2.24) is 5.32 Å². The van der Waals surface area contributed by atoms with Crippen molar-refractivity contribution < 1.29 is 17.6 Å². The number of hydrogen-bond acceptors (Lipinski definition) is 3. The lowest BCUT2D eigenvalue weighted by Crippen LogP contribution is -2.31. The Morgan fingerprint density at radius 3 is 2.45 bits per heavy atom. The van der Waals surface area contributed by atoms with Crippen molar-refractivity contribution in [3.8, 4) is 0 Å². The van der Waals surface area contributed by atoms with Crippen molar-refractivity contribution in [3.05, 3.63) is 29.6 Å². The third-order valence-electron chi connectivity index (χ3n) is 3.23. The predicted octanol–water partition coefficient (Wildman–Crippen LogP) is 1.49. The molecule has 112 valence electrons. The standard InChI is InChI=1S/C13H19FN2O3S/c1-8(2)9(3)7-16-13(17)11-6-10(20(15,18)19)4-5-12(11)14/h4-6,8-9H,7H2,1-3H3,(H,16,17)(H2,15,18,19). The predicted molar refractivity (Wildman–Crippen MR) is 74.1 cm³/mol. The zero-order chi connectivity index (χ0) is 15.5. The van der Waals surface area contributed by atoms with Gasteiger partial charge in [-0.25, -0.2) is 17.9 Å². The zero-order valence-corrected chi connectivity index (χ0v) is 12.5. The minimum Gasteiger partial charge on any atom is -0.352 e. The van der Waals surface area contributed by atoms with Crippen LogP contribution in [0.15, 0.2) is 23.1 Å². The van der Waals surface area contributed by atoms with Crippen LogP contribution in [-0.2, 0) is 10.0 Å². The summed E-state index contributed by atoms with van der Waals surface area (Å²) in [7, 11) is -3.97. The Bertz CT molecular complexity index is 600. The van der Waals surface area contributed by atoms with Crippen LogP contribution in [0.5, 0.6) is 0 Å². The van der Waals surface area contributed by atoms with Crippen LogP contribution >= 0.6 is 0 Å². The molecule has 0 saturated carbocycles. The molecule has 5 nitrogen and oxygen atoms in total. The normalized spacial score (nSPS) is 13.3. The Morgan fingerprint density at radius 1 is 1.35 bits per heavy atom. The van der Waals surface area contributed by atoms with Gasteiger partial charge in [-0.15, -0.1) is 0 Å². The van der Waals surface area contributed by atoms with E-state index in [2.05, 4.69) is 5.32 Å².